The number of amides is 1. The lowest BCUT2D eigenvalue weighted by atomic mass is 10.1. The number of rotatable bonds is 10. The molecule has 0 spiro atoms. The van der Waals surface area contributed by atoms with Gasteiger partial charge in [0.15, 0.2) is 11.5 Å². The zero-order valence-corrected chi connectivity index (χ0v) is 20.9. The summed E-state index contributed by atoms with van der Waals surface area (Å²) in [6.45, 7) is 2.44. The lowest BCUT2D eigenvalue weighted by Gasteiger charge is -2.13. The highest BCUT2D eigenvalue weighted by atomic mass is 35.5. The summed E-state index contributed by atoms with van der Waals surface area (Å²) in [6, 6.07) is 17.1. The fourth-order valence-electron chi connectivity index (χ4n) is 3.09. The minimum Gasteiger partial charge on any atom is -0.493 e. The Morgan fingerprint density at radius 3 is 2.43 bits per heavy atom. The number of methoxy groups -OCH3 is 1. The SMILES string of the molecule is CCCOC(=O)c1cccc(NC(=O)/C=C/c2ccc(OCc3c(Cl)cccc3Cl)c(OC)c2)c1. The molecule has 1 N–H and O–H groups in total. The van der Waals surface area contributed by atoms with Crippen LogP contribution in [0.1, 0.15) is 34.8 Å². The van der Waals surface area contributed by atoms with Gasteiger partial charge in [-0.3, -0.25) is 4.79 Å². The number of hydrogen-bond donors (Lipinski definition) is 1. The van der Waals surface area contributed by atoms with Crippen LogP contribution in [0.15, 0.2) is 66.7 Å². The van der Waals surface area contributed by atoms with Gasteiger partial charge in [0.05, 0.1) is 19.3 Å². The van der Waals surface area contributed by atoms with Crippen LogP contribution in [-0.4, -0.2) is 25.6 Å². The van der Waals surface area contributed by atoms with Crippen molar-refractivity contribution < 1.29 is 23.8 Å². The summed E-state index contributed by atoms with van der Waals surface area (Å²) in [7, 11) is 1.53. The fraction of sp³-hybridized carbons (Fsp3) is 0.185. The molecule has 0 aliphatic carbocycles. The zero-order chi connectivity index (χ0) is 25.2. The molecule has 0 aliphatic rings. The van der Waals surface area contributed by atoms with Crippen LogP contribution in [-0.2, 0) is 16.1 Å². The van der Waals surface area contributed by atoms with E-state index in [4.69, 9.17) is 37.4 Å². The predicted octanol–water partition coefficient (Wildman–Crippen LogP) is 6.80. The van der Waals surface area contributed by atoms with Crippen molar-refractivity contribution in [3.05, 3.63) is 93.5 Å². The molecule has 8 heteroatoms. The number of hydrogen-bond acceptors (Lipinski definition) is 5. The van der Waals surface area contributed by atoms with Crippen LogP contribution in [0.5, 0.6) is 11.5 Å². The number of nitrogens with one attached hydrogen (secondary N) is 1. The average molecular weight is 514 g/mol. The molecule has 0 aliphatic heterocycles. The maximum atomic E-state index is 12.4. The Labute approximate surface area is 214 Å². The van der Waals surface area contributed by atoms with Crippen LogP contribution in [0.25, 0.3) is 6.08 Å². The highest BCUT2D eigenvalue weighted by Gasteiger charge is 2.11. The van der Waals surface area contributed by atoms with Crippen molar-refractivity contribution >= 4 is 46.8 Å². The summed E-state index contributed by atoms with van der Waals surface area (Å²) in [5.74, 6) is 0.229. The van der Waals surface area contributed by atoms with Crippen LogP contribution >= 0.6 is 23.2 Å². The van der Waals surface area contributed by atoms with Gasteiger partial charge in [-0.15, -0.1) is 0 Å². The average Bonchev–Trinajstić information content (AvgIpc) is 2.86. The number of ether oxygens (including phenoxy) is 3. The van der Waals surface area contributed by atoms with Gasteiger partial charge in [0.25, 0.3) is 0 Å². The van der Waals surface area contributed by atoms with Gasteiger partial charge in [-0.1, -0.05) is 48.3 Å². The van der Waals surface area contributed by atoms with E-state index in [1.807, 2.05) is 6.92 Å². The Balaban J connectivity index is 1.64. The normalized spacial score (nSPS) is 10.7. The Morgan fingerprint density at radius 2 is 1.71 bits per heavy atom. The Morgan fingerprint density at radius 1 is 0.971 bits per heavy atom. The number of esters is 1. The van der Waals surface area contributed by atoms with E-state index in [0.29, 0.717) is 45.0 Å². The lowest BCUT2D eigenvalue weighted by Crippen LogP contribution is -2.10. The molecule has 1 amide bonds. The second kappa shape index (κ2) is 12.8. The summed E-state index contributed by atoms with van der Waals surface area (Å²) in [4.78, 5) is 24.4. The molecule has 0 bridgehead atoms. The van der Waals surface area contributed by atoms with Crippen molar-refractivity contribution in [1.29, 1.82) is 0 Å². The summed E-state index contributed by atoms with van der Waals surface area (Å²) < 4.78 is 16.4. The van der Waals surface area contributed by atoms with Crippen LogP contribution in [0.2, 0.25) is 10.0 Å². The highest BCUT2D eigenvalue weighted by molar-refractivity contribution is 6.35. The number of carbonyl (C=O) groups is 2. The molecule has 182 valence electrons. The first kappa shape index (κ1) is 26.1. The molecular formula is C27H25Cl2NO5. The molecule has 6 nitrogen and oxygen atoms in total. The van der Waals surface area contributed by atoms with Gasteiger partial charge in [-0.05, 0) is 60.5 Å². The largest absolute Gasteiger partial charge is 0.493 e. The van der Waals surface area contributed by atoms with Gasteiger partial charge in [-0.2, -0.15) is 0 Å². The maximum Gasteiger partial charge on any atom is 0.338 e. The van der Waals surface area contributed by atoms with E-state index in [1.165, 1.54) is 13.2 Å². The van der Waals surface area contributed by atoms with Crippen LogP contribution < -0.4 is 14.8 Å². The highest BCUT2D eigenvalue weighted by Crippen LogP contribution is 2.31. The van der Waals surface area contributed by atoms with Crippen LogP contribution in [0, 0.1) is 0 Å². The van der Waals surface area contributed by atoms with Gasteiger partial charge in [0, 0.05) is 27.4 Å². The van der Waals surface area contributed by atoms with Crippen molar-refractivity contribution in [2.24, 2.45) is 0 Å². The Hall–Kier alpha value is -3.48. The summed E-state index contributed by atoms with van der Waals surface area (Å²) in [5, 5.41) is 3.78. The quantitative estimate of drug-likeness (QED) is 0.238. The molecule has 0 aromatic heterocycles. The van der Waals surface area contributed by atoms with Crippen molar-refractivity contribution in [3.8, 4) is 11.5 Å². The molecule has 0 atom stereocenters. The molecule has 0 fully saturated rings. The summed E-state index contributed by atoms with van der Waals surface area (Å²) in [5.41, 5.74) is 2.28. The summed E-state index contributed by atoms with van der Waals surface area (Å²) in [6.07, 6.45) is 3.77. The van der Waals surface area contributed by atoms with Crippen molar-refractivity contribution in [2.45, 2.75) is 20.0 Å². The third-order valence-corrected chi connectivity index (χ3v) is 5.56. The number of benzene rings is 3. The monoisotopic (exact) mass is 513 g/mol. The van der Waals surface area contributed by atoms with Crippen molar-refractivity contribution in [2.75, 3.05) is 19.0 Å². The van der Waals surface area contributed by atoms with E-state index in [9.17, 15) is 9.59 Å². The van der Waals surface area contributed by atoms with Gasteiger partial charge in [0.1, 0.15) is 6.61 Å². The molecule has 0 saturated heterocycles. The minimum atomic E-state index is -0.426. The van der Waals surface area contributed by atoms with Gasteiger partial charge in [0.2, 0.25) is 5.91 Å². The summed E-state index contributed by atoms with van der Waals surface area (Å²) >= 11 is 12.4. The molecular weight excluding hydrogens is 489 g/mol. The first-order valence-electron chi connectivity index (χ1n) is 10.9. The fourth-order valence-corrected chi connectivity index (χ4v) is 3.59. The smallest absolute Gasteiger partial charge is 0.338 e. The van der Waals surface area contributed by atoms with E-state index in [2.05, 4.69) is 5.32 Å². The standard InChI is InChI=1S/C27H25Cl2NO5/c1-3-14-34-27(32)19-6-4-7-20(16-19)30-26(31)13-11-18-10-12-24(25(15-18)33-2)35-17-21-22(28)8-5-9-23(21)29/h4-13,15-16H,3,14,17H2,1-2H3,(H,30,31)/b13-11+. The van der Waals surface area contributed by atoms with E-state index in [1.54, 1.807) is 66.7 Å². The third-order valence-electron chi connectivity index (χ3n) is 4.85. The van der Waals surface area contributed by atoms with Crippen molar-refractivity contribution in [1.82, 2.24) is 0 Å². The molecule has 35 heavy (non-hydrogen) atoms. The molecule has 3 aromatic carbocycles. The van der Waals surface area contributed by atoms with Crippen LogP contribution in [0.4, 0.5) is 5.69 Å². The zero-order valence-electron chi connectivity index (χ0n) is 19.3. The lowest BCUT2D eigenvalue weighted by molar-refractivity contribution is -0.111. The predicted molar refractivity (Wildman–Crippen MR) is 138 cm³/mol. The maximum absolute atomic E-state index is 12.4. The molecule has 0 radical (unpaired) electrons. The molecule has 0 saturated carbocycles. The minimum absolute atomic E-state index is 0.178. The van der Waals surface area contributed by atoms with E-state index >= 15 is 0 Å². The van der Waals surface area contributed by atoms with Gasteiger partial charge in [-0.25, -0.2) is 4.79 Å². The van der Waals surface area contributed by atoms with E-state index in [-0.39, 0.29) is 12.5 Å². The molecule has 0 unspecified atom stereocenters. The number of carbonyl (C=O) groups excluding carboxylic acids is 2. The number of halogens is 2. The van der Waals surface area contributed by atoms with Crippen molar-refractivity contribution in [3.63, 3.8) is 0 Å². The Kier molecular flexibility index (Phi) is 9.58. The number of anilines is 1. The molecule has 3 rings (SSSR count). The first-order valence-corrected chi connectivity index (χ1v) is 11.7. The van der Waals surface area contributed by atoms with E-state index < -0.39 is 5.97 Å². The van der Waals surface area contributed by atoms with Gasteiger partial charge < -0.3 is 19.5 Å². The molecule has 0 heterocycles. The third kappa shape index (κ3) is 7.50. The van der Waals surface area contributed by atoms with Gasteiger partial charge >= 0.3 is 5.97 Å². The topological polar surface area (TPSA) is 73.9 Å². The first-order chi connectivity index (χ1) is 16.9. The Bertz CT molecular complexity index is 1210. The molecule has 3 aromatic rings. The van der Waals surface area contributed by atoms with Crippen LogP contribution in [0.3, 0.4) is 0 Å². The second-order valence-corrected chi connectivity index (χ2v) is 8.25. The van der Waals surface area contributed by atoms with E-state index in [0.717, 1.165) is 12.0 Å². The second-order valence-electron chi connectivity index (χ2n) is 7.44.